The van der Waals surface area contributed by atoms with Gasteiger partial charge in [0.25, 0.3) is 0 Å². The number of benzene rings is 1. The maximum Gasteiger partial charge on any atom is 0.246 e. The van der Waals surface area contributed by atoms with Crippen LogP contribution in [0.1, 0.15) is 0 Å². The van der Waals surface area contributed by atoms with E-state index in [1.165, 1.54) is 19.2 Å². The first kappa shape index (κ1) is 12.1. The van der Waals surface area contributed by atoms with Crippen molar-refractivity contribution in [1.29, 1.82) is 5.26 Å². The highest BCUT2D eigenvalue weighted by molar-refractivity contribution is 7.92. The standard InChI is InChI=1S/C9H11N3O3S/c1-15-7-2-3-8(11)9(6-7)12-16(13,14)5-4-10/h2-3,6,12H,5,11H2,1H3. The number of ether oxygens (including phenoxy) is 1. The lowest BCUT2D eigenvalue weighted by Crippen LogP contribution is -2.16. The molecule has 0 amide bonds. The van der Waals surface area contributed by atoms with Gasteiger partial charge >= 0.3 is 0 Å². The van der Waals surface area contributed by atoms with E-state index < -0.39 is 15.8 Å². The highest BCUT2D eigenvalue weighted by atomic mass is 32.2. The van der Waals surface area contributed by atoms with Gasteiger partial charge in [-0.25, -0.2) is 8.42 Å². The number of hydrogen-bond donors (Lipinski definition) is 2. The van der Waals surface area contributed by atoms with Crippen LogP contribution in [0.5, 0.6) is 5.75 Å². The Morgan fingerprint density at radius 2 is 2.25 bits per heavy atom. The van der Waals surface area contributed by atoms with E-state index in [4.69, 9.17) is 15.7 Å². The Morgan fingerprint density at radius 1 is 1.56 bits per heavy atom. The molecule has 1 aromatic rings. The molecular weight excluding hydrogens is 230 g/mol. The van der Waals surface area contributed by atoms with Crippen molar-refractivity contribution >= 4 is 21.4 Å². The van der Waals surface area contributed by atoms with E-state index in [2.05, 4.69) is 4.72 Å². The summed E-state index contributed by atoms with van der Waals surface area (Å²) < 4.78 is 29.8. The molecule has 16 heavy (non-hydrogen) atoms. The Kier molecular flexibility index (Phi) is 3.58. The number of nitrogens with zero attached hydrogens (tertiary/aromatic N) is 1. The summed E-state index contributed by atoms with van der Waals surface area (Å²) in [5.74, 6) is -0.146. The Bertz CT molecular complexity index is 519. The average Bonchev–Trinajstić information content (AvgIpc) is 2.21. The van der Waals surface area contributed by atoms with Crippen LogP contribution in [0.3, 0.4) is 0 Å². The fraction of sp³-hybridized carbons (Fsp3) is 0.222. The summed E-state index contributed by atoms with van der Waals surface area (Å²) in [6, 6.07) is 6.13. The molecule has 86 valence electrons. The van der Waals surface area contributed by atoms with Crippen LogP contribution in [0.15, 0.2) is 18.2 Å². The third-order valence-electron chi connectivity index (χ3n) is 1.78. The zero-order valence-corrected chi connectivity index (χ0v) is 9.41. The molecule has 6 nitrogen and oxygen atoms in total. The molecule has 7 heteroatoms. The quantitative estimate of drug-likeness (QED) is 0.748. The minimum atomic E-state index is -3.68. The number of nitrogens with two attached hydrogens (primary N) is 1. The minimum Gasteiger partial charge on any atom is -0.497 e. The van der Waals surface area contributed by atoms with E-state index in [-0.39, 0.29) is 11.4 Å². The van der Waals surface area contributed by atoms with Gasteiger partial charge in [-0.3, -0.25) is 4.72 Å². The summed E-state index contributed by atoms with van der Waals surface area (Å²) in [6.07, 6.45) is 0. The Morgan fingerprint density at radius 3 is 2.81 bits per heavy atom. The lowest BCUT2D eigenvalue weighted by atomic mass is 10.2. The summed E-state index contributed by atoms with van der Waals surface area (Å²) in [5, 5.41) is 8.32. The predicted molar refractivity (Wildman–Crippen MR) is 60.4 cm³/mol. The molecule has 0 saturated carbocycles. The molecule has 0 aliphatic rings. The van der Waals surface area contributed by atoms with E-state index in [9.17, 15) is 8.42 Å². The second-order valence-corrected chi connectivity index (χ2v) is 4.69. The molecule has 0 spiro atoms. The van der Waals surface area contributed by atoms with Crippen molar-refractivity contribution in [3.63, 3.8) is 0 Å². The van der Waals surface area contributed by atoms with Gasteiger partial charge in [-0.15, -0.1) is 0 Å². The van der Waals surface area contributed by atoms with Crippen LogP contribution in [0.2, 0.25) is 0 Å². The monoisotopic (exact) mass is 241 g/mol. The van der Waals surface area contributed by atoms with Crippen molar-refractivity contribution < 1.29 is 13.2 Å². The Labute approximate surface area is 93.7 Å². The number of nitriles is 1. The van der Waals surface area contributed by atoms with Gasteiger partial charge < -0.3 is 10.5 Å². The number of nitrogen functional groups attached to an aromatic ring is 1. The summed E-state index contributed by atoms with van der Waals surface area (Å²) >= 11 is 0. The molecule has 3 N–H and O–H groups in total. The van der Waals surface area contributed by atoms with E-state index >= 15 is 0 Å². The molecule has 1 rings (SSSR count). The first-order valence-corrected chi connectivity index (χ1v) is 5.94. The van der Waals surface area contributed by atoms with Crippen LogP contribution in [-0.4, -0.2) is 21.3 Å². The highest BCUT2D eigenvalue weighted by Crippen LogP contribution is 2.25. The number of rotatable bonds is 4. The van der Waals surface area contributed by atoms with Crippen LogP contribution in [0.25, 0.3) is 0 Å². The van der Waals surface area contributed by atoms with Gasteiger partial charge in [-0.1, -0.05) is 0 Å². The fourth-order valence-electron chi connectivity index (χ4n) is 1.04. The van der Waals surface area contributed by atoms with E-state index in [1.807, 2.05) is 0 Å². The molecule has 0 heterocycles. The maximum absolute atomic E-state index is 11.3. The lowest BCUT2D eigenvalue weighted by molar-refractivity contribution is 0.415. The summed E-state index contributed by atoms with van der Waals surface area (Å²) in [4.78, 5) is 0. The number of methoxy groups -OCH3 is 1. The van der Waals surface area contributed by atoms with Crippen LogP contribution in [0.4, 0.5) is 11.4 Å². The molecule has 0 saturated heterocycles. The second-order valence-electron chi connectivity index (χ2n) is 2.97. The molecule has 0 atom stereocenters. The first-order chi connectivity index (χ1) is 7.48. The largest absolute Gasteiger partial charge is 0.497 e. The Balaban J connectivity index is 3.02. The second kappa shape index (κ2) is 4.72. The zero-order chi connectivity index (χ0) is 12.2. The number of sulfonamides is 1. The van der Waals surface area contributed by atoms with Crippen LogP contribution in [-0.2, 0) is 10.0 Å². The van der Waals surface area contributed by atoms with E-state index in [0.717, 1.165) is 0 Å². The topological polar surface area (TPSA) is 105 Å². The molecule has 0 radical (unpaired) electrons. The van der Waals surface area contributed by atoms with Crippen molar-refractivity contribution in [2.45, 2.75) is 0 Å². The third kappa shape index (κ3) is 3.03. The number of nitrogens with one attached hydrogen (secondary N) is 1. The molecule has 0 bridgehead atoms. The van der Waals surface area contributed by atoms with Crippen molar-refractivity contribution in [1.82, 2.24) is 0 Å². The molecule has 0 aromatic heterocycles. The van der Waals surface area contributed by atoms with Gasteiger partial charge in [0.2, 0.25) is 10.0 Å². The first-order valence-electron chi connectivity index (χ1n) is 4.29. The number of anilines is 2. The van der Waals surface area contributed by atoms with Gasteiger partial charge in [0.15, 0.2) is 5.75 Å². The summed E-state index contributed by atoms with van der Waals surface area (Å²) in [7, 11) is -2.22. The van der Waals surface area contributed by atoms with Crippen LogP contribution in [0, 0.1) is 11.3 Å². The highest BCUT2D eigenvalue weighted by Gasteiger charge is 2.12. The normalized spacial score (nSPS) is 10.5. The van der Waals surface area contributed by atoms with Crippen molar-refractivity contribution in [3.8, 4) is 11.8 Å². The van der Waals surface area contributed by atoms with E-state index in [1.54, 1.807) is 12.1 Å². The van der Waals surface area contributed by atoms with Crippen LogP contribution >= 0.6 is 0 Å². The lowest BCUT2D eigenvalue weighted by Gasteiger charge is -2.09. The SMILES string of the molecule is COc1ccc(N)c(NS(=O)(=O)CC#N)c1. The van der Waals surface area contributed by atoms with Gasteiger partial charge in [-0.2, -0.15) is 5.26 Å². The minimum absolute atomic E-state index is 0.203. The smallest absolute Gasteiger partial charge is 0.246 e. The fourth-order valence-corrected chi connectivity index (χ4v) is 1.79. The maximum atomic E-state index is 11.3. The molecule has 0 unspecified atom stereocenters. The van der Waals surface area contributed by atoms with Gasteiger partial charge in [-0.05, 0) is 12.1 Å². The third-order valence-corrected chi connectivity index (χ3v) is 2.82. The molecule has 0 aliphatic heterocycles. The molecule has 1 aromatic carbocycles. The van der Waals surface area contributed by atoms with Gasteiger partial charge in [0, 0.05) is 6.07 Å². The van der Waals surface area contributed by atoms with Crippen molar-refractivity contribution in [3.05, 3.63) is 18.2 Å². The van der Waals surface area contributed by atoms with Crippen molar-refractivity contribution in [2.24, 2.45) is 0 Å². The molecule has 0 aliphatic carbocycles. The summed E-state index contributed by atoms with van der Waals surface area (Å²) in [6.45, 7) is 0. The average molecular weight is 241 g/mol. The van der Waals surface area contributed by atoms with Crippen molar-refractivity contribution in [2.75, 3.05) is 23.3 Å². The van der Waals surface area contributed by atoms with Crippen LogP contribution < -0.4 is 15.2 Å². The zero-order valence-electron chi connectivity index (χ0n) is 8.60. The molecular formula is C9H11N3O3S. The number of hydrogen-bond acceptors (Lipinski definition) is 5. The van der Waals surface area contributed by atoms with Gasteiger partial charge in [0.1, 0.15) is 5.75 Å². The summed E-state index contributed by atoms with van der Waals surface area (Å²) in [5.41, 5.74) is 6.05. The predicted octanol–water partition coefficient (Wildman–Crippen LogP) is 0.543. The van der Waals surface area contributed by atoms with Gasteiger partial charge in [0.05, 0.1) is 24.6 Å². The Hall–Kier alpha value is -1.94. The molecule has 0 fully saturated rings. The van der Waals surface area contributed by atoms with E-state index in [0.29, 0.717) is 5.75 Å².